The molecule has 2 aromatic rings. The van der Waals surface area contributed by atoms with Crippen LogP contribution in [0.3, 0.4) is 0 Å². The minimum atomic E-state index is 0. The van der Waals surface area contributed by atoms with Crippen LogP contribution in [0.15, 0.2) is 58.5 Å². The molecule has 0 aliphatic heterocycles. The first-order chi connectivity index (χ1) is 24.2. The number of nitrogens with zero attached hydrogens (tertiary/aromatic N) is 2. The Morgan fingerprint density at radius 2 is 0.680 bits per heavy atom. The van der Waals surface area contributed by atoms with Crippen molar-refractivity contribution in [1.82, 2.24) is 0 Å². The van der Waals surface area contributed by atoms with E-state index in [1.165, 1.54) is 183 Å². The summed E-state index contributed by atoms with van der Waals surface area (Å²) in [5.41, 5.74) is 7.53. The van der Waals surface area contributed by atoms with Crippen molar-refractivity contribution in [3.63, 3.8) is 0 Å². The molecular weight excluding hydrogens is 651 g/mol. The normalized spacial score (nSPS) is 12.0. The zero-order chi connectivity index (χ0) is 35.0. The maximum atomic E-state index is 5.40. The van der Waals surface area contributed by atoms with Crippen LogP contribution in [0.5, 0.6) is 0 Å². The van der Waals surface area contributed by atoms with Gasteiger partial charge >= 0.3 is 0 Å². The molecule has 0 saturated heterocycles. The summed E-state index contributed by atoms with van der Waals surface area (Å²) in [4.78, 5) is 10.8. The van der Waals surface area contributed by atoms with Gasteiger partial charge in [-0.1, -0.05) is 187 Å². The fraction of sp³-hybridized carbons (Fsp3) is 0.702. The zero-order valence-electron chi connectivity index (χ0n) is 33.3. The van der Waals surface area contributed by atoms with E-state index in [0.717, 1.165) is 37.1 Å². The Balaban J connectivity index is 0.0000125. The Morgan fingerprint density at radius 3 is 1.06 bits per heavy atom. The minimum absolute atomic E-state index is 0. The Hall–Kier alpha value is -1.73. The maximum absolute atomic E-state index is 5.40. The number of aliphatic imine (C=N–C) groups is 2. The monoisotopic (exact) mass is 729 g/mol. The van der Waals surface area contributed by atoms with E-state index in [2.05, 4.69) is 76.2 Å². The van der Waals surface area contributed by atoms with E-state index < -0.39 is 0 Å². The Kier molecular flexibility index (Phi) is 30.7. The second-order valence-electron chi connectivity index (χ2n) is 14.9. The van der Waals surface area contributed by atoms with Gasteiger partial charge in [-0.15, -0.1) is 0 Å². The molecule has 0 aliphatic carbocycles. The third kappa shape index (κ3) is 23.7. The largest absolute Gasteiger partial charge is 0.252 e. The third-order valence-corrected chi connectivity index (χ3v) is 10.1. The van der Waals surface area contributed by atoms with Crippen LogP contribution in [-0.2, 0) is 29.3 Å². The van der Waals surface area contributed by atoms with Gasteiger partial charge in [0.15, 0.2) is 0 Å². The van der Waals surface area contributed by atoms with Crippen molar-refractivity contribution in [3.05, 3.63) is 59.7 Å². The van der Waals surface area contributed by atoms with E-state index >= 15 is 0 Å². The molecule has 3 heteroatoms. The molecule has 0 aromatic heterocycles. The maximum Gasteiger partial charge on any atom is 0.0636 e. The van der Waals surface area contributed by atoms with Gasteiger partial charge in [-0.05, 0) is 86.8 Å². The van der Waals surface area contributed by atoms with Crippen LogP contribution in [0.1, 0.15) is 212 Å². The topological polar surface area (TPSA) is 24.7 Å². The predicted molar refractivity (Wildman–Crippen MR) is 222 cm³/mol. The van der Waals surface area contributed by atoms with E-state index in [-0.39, 0.29) is 16.5 Å². The van der Waals surface area contributed by atoms with Gasteiger partial charge in [-0.3, -0.25) is 9.98 Å². The van der Waals surface area contributed by atoms with Gasteiger partial charge in [0.2, 0.25) is 0 Å². The van der Waals surface area contributed by atoms with Crippen LogP contribution in [0.25, 0.3) is 0 Å². The fourth-order valence-electron chi connectivity index (χ4n) is 6.95. The molecule has 2 aromatic carbocycles. The molecule has 0 saturated carbocycles. The number of aryl methyl sites for hydroxylation is 2. The molecule has 0 atom stereocenters. The van der Waals surface area contributed by atoms with Crippen molar-refractivity contribution in [1.29, 1.82) is 0 Å². The fourth-order valence-corrected chi connectivity index (χ4v) is 6.95. The summed E-state index contributed by atoms with van der Waals surface area (Å²) in [6.07, 6.45) is 37.8. The summed E-state index contributed by atoms with van der Waals surface area (Å²) in [6, 6.07) is 18.2. The SMILES string of the molecule is CCCCCCCCCCCc1cccc(N=C(CCCCC)C(CCCCCC)=Nc2cccc(CCCCCCCCCCC)c2)c1.[Ni]. The van der Waals surface area contributed by atoms with Gasteiger partial charge in [0.1, 0.15) is 0 Å². The molecule has 0 N–H and O–H groups in total. The van der Waals surface area contributed by atoms with Gasteiger partial charge in [0, 0.05) is 16.5 Å². The molecule has 50 heavy (non-hydrogen) atoms. The second kappa shape index (κ2) is 33.1. The van der Waals surface area contributed by atoms with Crippen molar-refractivity contribution in [3.8, 4) is 0 Å². The van der Waals surface area contributed by atoms with Crippen LogP contribution in [-0.4, -0.2) is 11.4 Å². The van der Waals surface area contributed by atoms with E-state index in [0.29, 0.717) is 0 Å². The van der Waals surface area contributed by atoms with Crippen molar-refractivity contribution in [2.75, 3.05) is 0 Å². The molecule has 0 spiro atoms. The van der Waals surface area contributed by atoms with Crippen LogP contribution < -0.4 is 0 Å². The van der Waals surface area contributed by atoms with E-state index in [4.69, 9.17) is 9.98 Å². The average molecular weight is 730 g/mol. The van der Waals surface area contributed by atoms with Gasteiger partial charge < -0.3 is 0 Å². The van der Waals surface area contributed by atoms with E-state index in [9.17, 15) is 0 Å². The first-order valence-corrected chi connectivity index (χ1v) is 21.5. The van der Waals surface area contributed by atoms with Crippen molar-refractivity contribution < 1.29 is 16.5 Å². The Labute approximate surface area is 321 Å². The molecule has 0 heterocycles. The molecule has 286 valence electrons. The summed E-state index contributed by atoms with van der Waals surface area (Å²) in [5.74, 6) is 0. The van der Waals surface area contributed by atoms with Gasteiger partial charge in [0.05, 0.1) is 22.8 Å². The summed E-state index contributed by atoms with van der Waals surface area (Å²) in [5, 5.41) is 0. The molecule has 0 amide bonds. The van der Waals surface area contributed by atoms with E-state index in [1.807, 2.05) is 0 Å². The molecule has 0 unspecified atom stereocenters. The minimum Gasteiger partial charge on any atom is -0.252 e. The number of hydrogen-bond acceptors (Lipinski definition) is 2. The number of unbranched alkanes of at least 4 members (excludes halogenated alkanes) is 21. The standard InChI is InChI=1S/C47H78N2.Ni/c1-5-9-13-16-18-20-22-24-27-32-42-34-30-36-44(40-42)48-46(38-26-12-8-4)47(39-29-15-11-7-3)49-45-37-31-35-43(41-45)33-28-25-23-21-19-17-14-10-6-2;/h30-31,34-37,40-41H,5-29,32-33,38-39H2,1-4H3;. The summed E-state index contributed by atoms with van der Waals surface area (Å²) in [6.45, 7) is 9.19. The van der Waals surface area contributed by atoms with Crippen molar-refractivity contribution in [2.45, 2.75) is 214 Å². The third-order valence-electron chi connectivity index (χ3n) is 10.1. The van der Waals surface area contributed by atoms with Gasteiger partial charge in [-0.25, -0.2) is 0 Å². The smallest absolute Gasteiger partial charge is 0.0636 e. The molecule has 2 nitrogen and oxygen atoms in total. The number of rotatable bonds is 32. The van der Waals surface area contributed by atoms with Gasteiger partial charge in [-0.2, -0.15) is 0 Å². The first kappa shape index (κ1) is 46.3. The molecule has 0 bridgehead atoms. The average Bonchev–Trinajstić information content (AvgIpc) is 3.11. The van der Waals surface area contributed by atoms with Gasteiger partial charge in [0.25, 0.3) is 0 Å². The zero-order valence-corrected chi connectivity index (χ0v) is 34.3. The number of hydrogen-bond donors (Lipinski definition) is 0. The number of benzene rings is 2. The van der Waals surface area contributed by atoms with Crippen LogP contribution in [0.2, 0.25) is 0 Å². The molecule has 2 rings (SSSR count). The molecular formula is C47H78N2Ni. The summed E-state index contributed by atoms with van der Waals surface area (Å²) < 4.78 is 0. The quantitative estimate of drug-likeness (QED) is 0.0407. The Bertz CT molecular complexity index is 1120. The Morgan fingerprint density at radius 1 is 0.380 bits per heavy atom. The summed E-state index contributed by atoms with van der Waals surface area (Å²) >= 11 is 0. The predicted octanol–water partition coefficient (Wildman–Crippen LogP) is 16.2. The van der Waals surface area contributed by atoms with Crippen LogP contribution in [0, 0.1) is 0 Å². The van der Waals surface area contributed by atoms with Crippen molar-refractivity contribution in [2.24, 2.45) is 9.98 Å². The molecule has 0 radical (unpaired) electrons. The molecule has 0 aliphatic rings. The van der Waals surface area contributed by atoms with E-state index in [1.54, 1.807) is 0 Å². The second-order valence-corrected chi connectivity index (χ2v) is 14.9. The summed E-state index contributed by atoms with van der Waals surface area (Å²) in [7, 11) is 0. The van der Waals surface area contributed by atoms with Crippen molar-refractivity contribution >= 4 is 22.8 Å². The van der Waals surface area contributed by atoms with Crippen LogP contribution >= 0.6 is 0 Å². The van der Waals surface area contributed by atoms with Crippen LogP contribution in [0.4, 0.5) is 11.4 Å². The molecule has 0 fully saturated rings. The first-order valence-electron chi connectivity index (χ1n) is 21.5.